The highest BCUT2D eigenvalue weighted by Gasteiger charge is 2.39. The fraction of sp³-hybridized carbons (Fsp3) is 0.774. The lowest BCUT2D eigenvalue weighted by molar-refractivity contribution is -0.0441. The second-order valence-corrected chi connectivity index (χ2v) is 12.6. The largest absolute Gasteiger partial charge is 0.478 e. The molecule has 0 aliphatic rings. The number of hydrogen-bond donors (Lipinski definition) is 2. The van der Waals surface area contributed by atoms with E-state index in [1.807, 2.05) is 12.1 Å². The average molecular weight is 475 g/mol. The van der Waals surface area contributed by atoms with E-state index >= 15 is 0 Å². The summed E-state index contributed by atoms with van der Waals surface area (Å²) in [4.78, 5) is 11.6. The standard InChI is InChI=1S/C31H54O3/c1-8-9-10-11-12-13-14-15-16-21-26(30(2,3)4)28(32)27(31(5,6)7)23-22-24-19-17-18-20-25(24)29(33)34/h17-20,26-28,32H,8-16,21-23H2,1-7H3,(H,33,34). The van der Waals surface area contributed by atoms with Gasteiger partial charge in [-0.05, 0) is 53.6 Å². The third kappa shape index (κ3) is 10.9. The van der Waals surface area contributed by atoms with Crippen LogP contribution in [0, 0.1) is 22.7 Å². The Balaban J connectivity index is 2.76. The molecule has 1 aromatic carbocycles. The molecule has 0 radical (unpaired) electrons. The predicted octanol–water partition coefficient (Wildman–Crippen LogP) is 8.92. The Morgan fingerprint density at radius 2 is 1.24 bits per heavy atom. The molecule has 0 aromatic heterocycles. The Bertz CT molecular complexity index is 695. The van der Waals surface area contributed by atoms with E-state index in [2.05, 4.69) is 48.5 Å². The molecule has 34 heavy (non-hydrogen) atoms. The molecule has 0 fully saturated rings. The van der Waals surface area contributed by atoms with Crippen LogP contribution in [0.2, 0.25) is 0 Å². The summed E-state index contributed by atoms with van der Waals surface area (Å²) < 4.78 is 0. The summed E-state index contributed by atoms with van der Waals surface area (Å²) in [6.07, 6.45) is 13.9. The lowest BCUT2D eigenvalue weighted by Gasteiger charge is -2.43. The van der Waals surface area contributed by atoms with Gasteiger partial charge in [-0.25, -0.2) is 4.79 Å². The number of carboxylic acid groups (broad SMARTS) is 1. The van der Waals surface area contributed by atoms with E-state index < -0.39 is 12.1 Å². The van der Waals surface area contributed by atoms with Gasteiger partial charge < -0.3 is 10.2 Å². The average Bonchev–Trinajstić information content (AvgIpc) is 2.73. The molecule has 0 bridgehead atoms. The van der Waals surface area contributed by atoms with Gasteiger partial charge in [0.2, 0.25) is 0 Å². The van der Waals surface area contributed by atoms with E-state index in [1.54, 1.807) is 12.1 Å². The first-order valence-corrected chi connectivity index (χ1v) is 13.9. The Labute approximate surface area is 210 Å². The summed E-state index contributed by atoms with van der Waals surface area (Å²) in [7, 11) is 0. The van der Waals surface area contributed by atoms with Crippen LogP contribution < -0.4 is 0 Å². The first kappa shape index (κ1) is 30.7. The highest BCUT2D eigenvalue weighted by molar-refractivity contribution is 5.89. The molecular weight excluding hydrogens is 420 g/mol. The lowest BCUT2D eigenvalue weighted by Crippen LogP contribution is -2.42. The molecule has 0 saturated heterocycles. The molecule has 0 aliphatic heterocycles. The monoisotopic (exact) mass is 474 g/mol. The van der Waals surface area contributed by atoms with Crippen LogP contribution in [0.15, 0.2) is 24.3 Å². The molecule has 2 N–H and O–H groups in total. The summed E-state index contributed by atoms with van der Waals surface area (Å²) in [6.45, 7) is 15.7. The fourth-order valence-electron chi connectivity index (χ4n) is 5.45. The molecule has 3 unspecified atom stereocenters. The maximum absolute atomic E-state index is 11.7. The van der Waals surface area contributed by atoms with Crippen LogP contribution in [0.1, 0.15) is 135 Å². The zero-order chi connectivity index (χ0) is 25.8. The highest BCUT2D eigenvalue weighted by Crippen LogP contribution is 2.42. The lowest BCUT2D eigenvalue weighted by atomic mass is 9.64. The fourth-order valence-corrected chi connectivity index (χ4v) is 5.45. The normalized spacial score (nSPS) is 15.2. The molecule has 3 atom stereocenters. The van der Waals surface area contributed by atoms with Gasteiger partial charge in [-0.2, -0.15) is 0 Å². The van der Waals surface area contributed by atoms with Gasteiger partial charge in [0.15, 0.2) is 0 Å². The van der Waals surface area contributed by atoms with Gasteiger partial charge in [-0.3, -0.25) is 0 Å². The molecule has 3 heteroatoms. The maximum Gasteiger partial charge on any atom is 0.335 e. The van der Waals surface area contributed by atoms with Gasteiger partial charge in [-0.15, -0.1) is 0 Å². The van der Waals surface area contributed by atoms with Crippen molar-refractivity contribution in [1.29, 1.82) is 0 Å². The van der Waals surface area contributed by atoms with Gasteiger partial charge in [0, 0.05) is 0 Å². The minimum Gasteiger partial charge on any atom is -0.478 e. The molecular formula is C31H54O3. The third-order valence-electron chi connectivity index (χ3n) is 7.64. The Kier molecular flexibility index (Phi) is 13.5. The number of unbranched alkanes of at least 4 members (excludes halogenated alkanes) is 8. The van der Waals surface area contributed by atoms with E-state index in [-0.39, 0.29) is 22.7 Å². The zero-order valence-electron chi connectivity index (χ0n) is 23.3. The summed E-state index contributed by atoms with van der Waals surface area (Å²) in [5, 5.41) is 21.3. The molecule has 0 aliphatic carbocycles. The van der Waals surface area contributed by atoms with Crippen molar-refractivity contribution in [3.8, 4) is 0 Å². The number of hydrogen-bond acceptors (Lipinski definition) is 2. The molecule has 1 aromatic rings. The van der Waals surface area contributed by atoms with Gasteiger partial charge in [0.25, 0.3) is 0 Å². The van der Waals surface area contributed by atoms with Crippen molar-refractivity contribution in [1.82, 2.24) is 0 Å². The Morgan fingerprint density at radius 1 is 0.765 bits per heavy atom. The van der Waals surface area contributed by atoms with Crippen LogP contribution in [0.4, 0.5) is 0 Å². The number of aromatic carboxylic acids is 1. The van der Waals surface area contributed by atoms with Crippen LogP contribution in [0.5, 0.6) is 0 Å². The smallest absolute Gasteiger partial charge is 0.335 e. The van der Waals surface area contributed by atoms with Crippen molar-refractivity contribution in [3.05, 3.63) is 35.4 Å². The molecule has 1 rings (SSSR count). The van der Waals surface area contributed by atoms with Crippen molar-refractivity contribution in [2.24, 2.45) is 22.7 Å². The number of carboxylic acids is 1. The van der Waals surface area contributed by atoms with E-state index in [0.29, 0.717) is 12.0 Å². The van der Waals surface area contributed by atoms with Crippen LogP contribution >= 0.6 is 0 Å². The SMILES string of the molecule is CCCCCCCCCCCC(C(O)C(CCc1ccccc1C(=O)O)C(C)(C)C)C(C)(C)C. The molecule has 0 amide bonds. The van der Waals surface area contributed by atoms with E-state index in [1.165, 1.54) is 57.8 Å². The highest BCUT2D eigenvalue weighted by atomic mass is 16.4. The zero-order valence-corrected chi connectivity index (χ0v) is 23.3. The molecule has 3 nitrogen and oxygen atoms in total. The molecule has 0 spiro atoms. The van der Waals surface area contributed by atoms with E-state index in [0.717, 1.165) is 18.4 Å². The number of rotatable bonds is 16. The number of aliphatic hydroxyl groups excluding tert-OH is 1. The van der Waals surface area contributed by atoms with Crippen molar-refractivity contribution in [3.63, 3.8) is 0 Å². The number of carbonyl (C=O) groups is 1. The van der Waals surface area contributed by atoms with Crippen LogP contribution in [-0.2, 0) is 6.42 Å². The Hall–Kier alpha value is -1.35. The summed E-state index contributed by atoms with van der Waals surface area (Å²) in [5.41, 5.74) is 1.22. The third-order valence-corrected chi connectivity index (χ3v) is 7.64. The number of benzene rings is 1. The summed E-state index contributed by atoms with van der Waals surface area (Å²) in [6, 6.07) is 7.29. The topological polar surface area (TPSA) is 57.5 Å². The van der Waals surface area contributed by atoms with Crippen LogP contribution in [0.3, 0.4) is 0 Å². The van der Waals surface area contributed by atoms with Crippen LogP contribution in [0.25, 0.3) is 0 Å². The summed E-state index contributed by atoms with van der Waals surface area (Å²) in [5.74, 6) is -0.533. The molecule has 0 heterocycles. The van der Waals surface area contributed by atoms with Crippen molar-refractivity contribution in [2.45, 2.75) is 132 Å². The molecule has 196 valence electrons. The van der Waals surface area contributed by atoms with E-state index in [9.17, 15) is 15.0 Å². The van der Waals surface area contributed by atoms with Gasteiger partial charge in [-0.1, -0.05) is 124 Å². The number of aliphatic hydroxyl groups is 1. The second kappa shape index (κ2) is 14.9. The van der Waals surface area contributed by atoms with Gasteiger partial charge in [0.1, 0.15) is 0 Å². The van der Waals surface area contributed by atoms with Crippen molar-refractivity contribution < 1.29 is 15.0 Å². The van der Waals surface area contributed by atoms with Crippen molar-refractivity contribution >= 4 is 5.97 Å². The van der Waals surface area contributed by atoms with Gasteiger partial charge >= 0.3 is 5.97 Å². The van der Waals surface area contributed by atoms with Crippen molar-refractivity contribution in [2.75, 3.05) is 0 Å². The second-order valence-electron chi connectivity index (χ2n) is 12.6. The quantitative estimate of drug-likeness (QED) is 0.235. The first-order chi connectivity index (χ1) is 15.9. The van der Waals surface area contributed by atoms with E-state index in [4.69, 9.17) is 0 Å². The molecule has 0 saturated carbocycles. The minimum atomic E-state index is -0.874. The maximum atomic E-state index is 11.7. The van der Waals surface area contributed by atoms with Gasteiger partial charge in [0.05, 0.1) is 11.7 Å². The Morgan fingerprint density at radius 3 is 1.74 bits per heavy atom. The predicted molar refractivity (Wildman–Crippen MR) is 145 cm³/mol. The minimum absolute atomic E-state index is 0.0298. The number of aryl methyl sites for hydroxylation is 1. The van der Waals surface area contributed by atoms with Crippen LogP contribution in [-0.4, -0.2) is 22.3 Å². The first-order valence-electron chi connectivity index (χ1n) is 13.9. The summed E-state index contributed by atoms with van der Waals surface area (Å²) >= 11 is 0.